The molecule has 0 aromatic heterocycles. The van der Waals surface area contributed by atoms with Crippen molar-refractivity contribution >= 4 is 17.7 Å². The third-order valence-electron chi connectivity index (χ3n) is 6.65. The van der Waals surface area contributed by atoms with Crippen LogP contribution < -0.4 is 10.6 Å². The lowest BCUT2D eigenvalue weighted by Gasteiger charge is -2.35. The third kappa shape index (κ3) is 5.01. The highest BCUT2D eigenvalue weighted by Gasteiger charge is 2.40. The lowest BCUT2D eigenvalue weighted by molar-refractivity contribution is -0.137. The lowest BCUT2D eigenvalue weighted by Crippen LogP contribution is -2.49. The van der Waals surface area contributed by atoms with Crippen molar-refractivity contribution in [3.63, 3.8) is 0 Å². The fraction of sp³-hybridized carbons (Fsp3) is 0.609. The van der Waals surface area contributed by atoms with E-state index < -0.39 is 12.1 Å². The number of carbonyl (C=O) groups excluding carboxylic acids is 3. The van der Waals surface area contributed by atoms with Gasteiger partial charge in [0.2, 0.25) is 17.7 Å². The SMILES string of the molecule is CC(=O)N[C@H]1CC[C@](CNC(=O)[C@@H]2CCCN2C(C)=O)(c2ccccc2)CC[C@@H]1O. The Hall–Kier alpha value is -2.41. The summed E-state index contributed by atoms with van der Waals surface area (Å²) in [5.41, 5.74) is 0.793. The van der Waals surface area contributed by atoms with Gasteiger partial charge in [0.25, 0.3) is 0 Å². The molecule has 2 fully saturated rings. The number of likely N-dealkylation sites (tertiary alicyclic amines) is 1. The molecule has 1 aliphatic carbocycles. The zero-order valence-corrected chi connectivity index (χ0v) is 17.9. The van der Waals surface area contributed by atoms with Gasteiger partial charge in [-0.2, -0.15) is 0 Å². The molecule has 0 radical (unpaired) electrons. The first-order valence-electron chi connectivity index (χ1n) is 10.9. The Kier molecular flexibility index (Phi) is 7.13. The second kappa shape index (κ2) is 9.60. The zero-order valence-electron chi connectivity index (χ0n) is 17.9. The zero-order chi connectivity index (χ0) is 21.7. The maximum Gasteiger partial charge on any atom is 0.242 e. The van der Waals surface area contributed by atoms with E-state index in [0.29, 0.717) is 38.8 Å². The molecule has 30 heavy (non-hydrogen) atoms. The van der Waals surface area contributed by atoms with Crippen LogP contribution in [0.15, 0.2) is 30.3 Å². The molecule has 1 aliphatic heterocycles. The number of hydrogen-bond acceptors (Lipinski definition) is 4. The number of hydrogen-bond donors (Lipinski definition) is 3. The molecule has 164 valence electrons. The molecule has 0 spiro atoms. The summed E-state index contributed by atoms with van der Waals surface area (Å²) in [6, 6.07) is 9.37. The van der Waals surface area contributed by atoms with Crippen LogP contribution in [0.5, 0.6) is 0 Å². The average Bonchev–Trinajstić information content (AvgIpc) is 3.17. The highest BCUT2D eigenvalue weighted by atomic mass is 16.3. The first kappa shape index (κ1) is 22.3. The standard InChI is InChI=1S/C23H33N3O4/c1-16(27)25-19-10-12-23(13-11-21(19)29,18-7-4-3-5-8-18)15-24-22(30)20-9-6-14-26(20)17(2)28/h3-5,7-8,19-21,29H,6,9-15H2,1-2H3,(H,24,30)(H,25,27)/t19-,20-,21-,23-/m0/s1. The van der Waals surface area contributed by atoms with Crippen LogP contribution in [0.3, 0.4) is 0 Å². The quantitative estimate of drug-likeness (QED) is 0.635. The molecule has 3 N–H and O–H groups in total. The van der Waals surface area contributed by atoms with Gasteiger partial charge in [-0.3, -0.25) is 14.4 Å². The Bertz CT molecular complexity index is 769. The maximum atomic E-state index is 12.9. The van der Waals surface area contributed by atoms with Gasteiger partial charge in [-0.15, -0.1) is 0 Å². The highest BCUT2D eigenvalue weighted by Crippen LogP contribution is 2.38. The molecule has 1 saturated carbocycles. The molecule has 3 rings (SSSR count). The number of aliphatic hydroxyl groups is 1. The molecule has 7 heteroatoms. The molecule has 4 atom stereocenters. The molecule has 2 aliphatic rings. The summed E-state index contributed by atoms with van der Waals surface area (Å²) in [5.74, 6) is -0.326. The largest absolute Gasteiger partial charge is 0.391 e. The van der Waals surface area contributed by atoms with Crippen LogP contribution in [-0.2, 0) is 19.8 Å². The van der Waals surface area contributed by atoms with E-state index in [-0.39, 0.29) is 29.2 Å². The van der Waals surface area contributed by atoms with E-state index in [0.717, 1.165) is 18.4 Å². The van der Waals surface area contributed by atoms with E-state index in [9.17, 15) is 19.5 Å². The Balaban J connectivity index is 1.77. The van der Waals surface area contributed by atoms with Gasteiger partial charge in [-0.25, -0.2) is 0 Å². The molecular weight excluding hydrogens is 382 g/mol. The van der Waals surface area contributed by atoms with Crippen molar-refractivity contribution in [2.24, 2.45) is 0 Å². The number of nitrogens with zero attached hydrogens (tertiary/aromatic N) is 1. The number of amides is 3. The molecular formula is C23H33N3O4. The van der Waals surface area contributed by atoms with Crippen molar-refractivity contribution in [1.29, 1.82) is 0 Å². The van der Waals surface area contributed by atoms with Crippen molar-refractivity contribution in [3.05, 3.63) is 35.9 Å². The van der Waals surface area contributed by atoms with Crippen molar-refractivity contribution in [2.45, 2.75) is 76.0 Å². The van der Waals surface area contributed by atoms with E-state index in [1.54, 1.807) is 4.90 Å². The first-order valence-corrected chi connectivity index (χ1v) is 10.9. The van der Waals surface area contributed by atoms with Gasteiger partial charge >= 0.3 is 0 Å². The summed E-state index contributed by atoms with van der Waals surface area (Å²) in [6.45, 7) is 4.04. The number of nitrogens with one attached hydrogen (secondary N) is 2. The number of benzene rings is 1. The Morgan fingerprint density at radius 1 is 1.10 bits per heavy atom. The summed E-state index contributed by atoms with van der Waals surface area (Å²) < 4.78 is 0. The van der Waals surface area contributed by atoms with Gasteiger partial charge in [-0.1, -0.05) is 30.3 Å². The van der Waals surface area contributed by atoms with Gasteiger partial charge in [0, 0.05) is 32.4 Å². The molecule has 0 unspecified atom stereocenters. The summed E-state index contributed by atoms with van der Waals surface area (Å²) in [6.07, 6.45) is 3.53. The number of aliphatic hydroxyl groups excluding tert-OH is 1. The van der Waals surface area contributed by atoms with Crippen LogP contribution in [0.2, 0.25) is 0 Å². The van der Waals surface area contributed by atoms with Gasteiger partial charge in [0.05, 0.1) is 12.1 Å². The average molecular weight is 416 g/mol. The van der Waals surface area contributed by atoms with Crippen molar-refractivity contribution < 1.29 is 19.5 Å². The van der Waals surface area contributed by atoms with Crippen molar-refractivity contribution in [1.82, 2.24) is 15.5 Å². The highest BCUT2D eigenvalue weighted by molar-refractivity contribution is 5.87. The minimum atomic E-state index is -0.613. The second-order valence-corrected chi connectivity index (χ2v) is 8.69. The predicted octanol–water partition coefficient (Wildman–Crippen LogP) is 1.49. The van der Waals surface area contributed by atoms with Gasteiger partial charge in [0.15, 0.2) is 0 Å². The van der Waals surface area contributed by atoms with Crippen LogP contribution in [0.1, 0.15) is 57.9 Å². The summed E-state index contributed by atoms with van der Waals surface area (Å²) in [4.78, 5) is 38.0. The van der Waals surface area contributed by atoms with E-state index in [4.69, 9.17) is 0 Å². The number of carbonyl (C=O) groups is 3. The molecule has 0 bridgehead atoms. The van der Waals surface area contributed by atoms with E-state index >= 15 is 0 Å². The van der Waals surface area contributed by atoms with E-state index in [1.165, 1.54) is 13.8 Å². The van der Waals surface area contributed by atoms with Crippen LogP contribution >= 0.6 is 0 Å². The predicted molar refractivity (Wildman–Crippen MR) is 114 cm³/mol. The maximum absolute atomic E-state index is 12.9. The molecule has 1 heterocycles. The normalized spacial score (nSPS) is 29.2. The second-order valence-electron chi connectivity index (χ2n) is 8.69. The van der Waals surface area contributed by atoms with Gasteiger partial charge < -0.3 is 20.6 Å². The smallest absolute Gasteiger partial charge is 0.242 e. The molecule has 1 aromatic carbocycles. The van der Waals surface area contributed by atoms with Gasteiger partial charge in [-0.05, 0) is 44.1 Å². The van der Waals surface area contributed by atoms with Crippen molar-refractivity contribution in [3.8, 4) is 0 Å². The summed E-state index contributed by atoms with van der Waals surface area (Å²) >= 11 is 0. The van der Waals surface area contributed by atoms with Crippen LogP contribution in [0, 0.1) is 0 Å². The molecule has 1 aromatic rings. The Morgan fingerprint density at radius 2 is 1.80 bits per heavy atom. The lowest BCUT2D eigenvalue weighted by atomic mass is 9.74. The summed E-state index contributed by atoms with van der Waals surface area (Å²) in [5, 5.41) is 16.6. The topological polar surface area (TPSA) is 98.7 Å². The molecule has 1 saturated heterocycles. The summed E-state index contributed by atoms with van der Waals surface area (Å²) in [7, 11) is 0. The van der Waals surface area contributed by atoms with E-state index in [1.807, 2.05) is 18.2 Å². The minimum Gasteiger partial charge on any atom is -0.391 e. The molecule has 7 nitrogen and oxygen atoms in total. The number of rotatable bonds is 5. The Labute approximate surface area is 178 Å². The minimum absolute atomic E-state index is 0.0684. The van der Waals surface area contributed by atoms with Crippen LogP contribution in [-0.4, -0.2) is 59.0 Å². The van der Waals surface area contributed by atoms with Crippen molar-refractivity contribution in [2.75, 3.05) is 13.1 Å². The fourth-order valence-corrected chi connectivity index (χ4v) is 4.95. The third-order valence-corrected chi connectivity index (χ3v) is 6.65. The first-order chi connectivity index (χ1) is 14.3. The van der Waals surface area contributed by atoms with Gasteiger partial charge in [0.1, 0.15) is 6.04 Å². The Morgan fingerprint density at radius 3 is 2.47 bits per heavy atom. The fourth-order valence-electron chi connectivity index (χ4n) is 4.95. The van der Waals surface area contributed by atoms with Crippen LogP contribution in [0.4, 0.5) is 0 Å². The monoisotopic (exact) mass is 415 g/mol. The van der Waals surface area contributed by atoms with E-state index in [2.05, 4.69) is 22.8 Å². The van der Waals surface area contributed by atoms with Crippen LogP contribution in [0.25, 0.3) is 0 Å². The molecule has 3 amide bonds.